The normalized spacial score (nSPS) is 21.7. The lowest BCUT2D eigenvalue weighted by Crippen LogP contribution is -2.13. The zero-order valence-corrected chi connectivity index (χ0v) is 13.6. The van der Waals surface area contributed by atoms with Crippen LogP contribution in [0.15, 0.2) is 36.4 Å². The minimum Gasteiger partial charge on any atom is -0.210 e. The molecule has 1 aromatic carbocycles. The molecular weight excluding hydrogens is 292 g/mol. The molecule has 0 atom stereocenters. The molecule has 124 valence electrons. The first kappa shape index (κ1) is 17.7. The van der Waals surface area contributed by atoms with Crippen molar-refractivity contribution in [1.82, 2.24) is 0 Å². The van der Waals surface area contributed by atoms with Gasteiger partial charge in [-0.05, 0) is 68.1 Å². The molecule has 1 nitrogen and oxygen atoms in total. The number of nitriles is 1. The Morgan fingerprint density at radius 1 is 1.09 bits per heavy atom. The van der Waals surface area contributed by atoms with Crippen LogP contribution >= 0.6 is 0 Å². The Kier molecular flexibility index (Phi) is 7.26. The number of benzene rings is 1. The van der Waals surface area contributed by atoms with Crippen LogP contribution in [0.1, 0.15) is 68.4 Å². The molecule has 23 heavy (non-hydrogen) atoms. The molecule has 0 radical (unpaired) electrons. The third kappa shape index (κ3) is 6.14. The SMILES string of the molecule is N#Cc1ccc([C@H]2CC[C@H](CCC/C=C/CC(F)F)CC2)cc1. The van der Waals surface area contributed by atoms with E-state index in [2.05, 4.69) is 18.2 Å². The predicted molar refractivity (Wildman–Crippen MR) is 89.5 cm³/mol. The molecule has 3 heteroatoms. The van der Waals surface area contributed by atoms with E-state index in [1.807, 2.05) is 18.2 Å². The van der Waals surface area contributed by atoms with E-state index >= 15 is 0 Å². The van der Waals surface area contributed by atoms with Crippen LogP contribution in [0.25, 0.3) is 0 Å². The second kappa shape index (κ2) is 9.45. The van der Waals surface area contributed by atoms with Gasteiger partial charge in [-0.3, -0.25) is 0 Å². The first-order chi connectivity index (χ1) is 11.2. The highest BCUT2D eigenvalue weighted by atomic mass is 19.3. The zero-order valence-electron chi connectivity index (χ0n) is 13.6. The first-order valence-electron chi connectivity index (χ1n) is 8.62. The summed E-state index contributed by atoms with van der Waals surface area (Å²) in [5.41, 5.74) is 2.08. The molecule has 0 unspecified atom stereocenters. The molecule has 2 rings (SSSR count). The van der Waals surface area contributed by atoms with Crippen LogP contribution in [-0.4, -0.2) is 6.43 Å². The van der Waals surface area contributed by atoms with E-state index in [1.54, 1.807) is 6.08 Å². The van der Waals surface area contributed by atoms with E-state index in [9.17, 15) is 8.78 Å². The fraction of sp³-hybridized carbons (Fsp3) is 0.550. The van der Waals surface area contributed by atoms with E-state index in [0.29, 0.717) is 5.92 Å². The highest BCUT2D eigenvalue weighted by Crippen LogP contribution is 2.37. The molecule has 1 aromatic rings. The lowest BCUT2D eigenvalue weighted by molar-refractivity contribution is 0.152. The lowest BCUT2D eigenvalue weighted by Gasteiger charge is -2.28. The number of hydrogen-bond acceptors (Lipinski definition) is 1. The molecule has 0 aromatic heterocycles. The van der Waals surface area contributed by atoms with Crippen LogP contribution < -0.4 is 0 Å². The van der Waals surface area contributed by atoms with Crippen LogP contribution in [0.2, 0.25) is 0 Å². The van der Waals surface area contributed by atoms with Crippen molar-refractivity contribution in [1.29, 1.82) is 5.26 Å². The fourth-order valence-electron chi connectivity index (χ4n) is 3.46. The van der Waals surface area contributed by atoms with Crippen molar-refractivity contribution in [2.45, 2.75) is 63.7 Å². The monoisotopic (exact) mass is 317 g/mol. The van der Waals surface area contributed by atoms with E-state index in [1.165, 1.54) is 37.7 Å². The van der Waals surface area contributed by atoms with Crippen molar-refractivity contribution in [2.75, 3.05) is 0 Å². The summed E-state index contributed by atoms with van der Waals surface area (Å²) in [5.74, 6) is 1.41. The van der Waals surface area contributed by atoms with Crippen molar-refractivity contribution in [3.05, 3.63) is 47.5 Å². The maximum atomic E-state index is 12.0. The molecule has 0 spiro atoms. The Morgan fingerprint density at radius 2 is 1.78 bits per heavy atom. The Bertz CT molecular complexity index is 520. The molecule has 0 heterocycles. The number of alkyl halides is 2. The van der Waals surface area contributed by atoms with Crippen LogP contribution in [0, 0.1) is 17.2 Å². The zero-order chi connectivity index (χ0) is 16.5. The number of hydrogen-bond donors (Lipinski definition) is 0. The molecule has 0 aliphatic heterocycles. The molecule has 0 bridgehead atoms. The molecule has 1 aliphatic carbocycles. The number of unbranched alkanes of at least 4 members (excludes halogenated alkanes) is 1. The largest absolute Gasteiger partial charge is 0.242 e. The predicted octanol–water partition coefficient (Wildman–Crippen LogP) is 6.21. The average molecular weight is 317 g/mol. The number of allylic oxidation sites excluding steroid dienone is 2. The first-order valence-corrected chi connectivity index (χ1v) is 8.62. The van der Waals surface area contributed by atoms with Gasteiger partial charge in [-0.2, -0.15) is 5.26 Å². The van der Waals surface area contributed by atoms with Gasteiger partial charge < -0.3 is 0 Å². The van der Waals surface area contributed by atoms with Gasteiger partial charge in [0.25, 0.3) is 0 Å². The second-order valence-electron chi connectivity index (χ2n) is 6.48. The van der Waals surface area contributed by atoms with E-state index in [0.717, 1.165) is 24.3 Å². The summed E-state index contributed by atoms with van der Waals surface area (Å²) in [6, 6.07) is 10.2. The molecule has 1 fully saturated rings. The van der Waals surface area contributed by atoms with Gasteiger partial charge >= 0.3 is 0 Å². The molecule has 0 amide bonds. The van der Waals surface area contributed by atoms with Crippen LogP contribution in [0.5, 0.6) is 0 Å². The Balaban J connectivity index is 1.65. The topological polar surface area (TPSA) is 23.8 Å². The molecule has 0 saturated heterocycles. The summed E-state index contributed by atoms with van der Waals surface area (Å²) < 4.78 is 24.0. The van der Waals surface area contributed by atoms with Gasteiger partial charge in [0, 0.05) is 6.42 Å². The van der Waals surface area contributed by atoms with Crippen molar-refractivity contribution in [3.8, 4) is 6.07 Å². The minimum absolute atomic E-state index is 0.115. The summed E-state index contributed by atoms with van der Waals surface area (Å²) in [7, 11) is 0. The van der Waals surface area contributed by atoms with Gasteiger partial charge in [0.2, 0.25) is 6.43 Å². The second-order valence-corrected chi connectivity index (χ2v) is 6.48. The van der Waals surface area contributed by atoms with Crippen LogP contribution in [-0.2, 0) is 0 Å². The molecule has 1 aliphatic rings. The number of halogens is 2. The molecule has 0 N–H and O–H groups in total. The Labute approximate surface area is 138 Å². The summed E-state index contributed by atoms with van der Waals surface area (Å²) >= 11 is 0. The summed E-state index contributed by atoms with van der Waals surface area (Å²) in [6.45, 7) is 0. The van der Waals surface area contributed by atoms with Crippen molar-refractivity contribution >= 4 is 0 Å². The summed E-state index contributed by atoms with van der Waals surface area (Å²) in [6.07, 6.45) is 9.35. The van der Waals surface area contributed by atoms with Crippen molar-refractivity contribution in [2.24, 2.45) is 5.92 Å². The quantitative estimate of drug-likeness (QED) is 0.433. The summed E-state index contributed by atoms with van der Waals surface area (Å²) in [4.78, 5) is 0. The van der Waals surface area contributed by atoms with Gasteiger partial charge in [0.15, 0.2) is 0 Å². The van der Waals surface area contributed by atoms with Gasteiger partial charge in [0.1, 0.15) is 0 Å². The van der Waals surface area contributed by atoms with Gasteiger partial charge in [0.05, 0.1) is 11.6 Å². The Morgan fingerprint density at radius 3 is 2.39 bits per heavy atom. The fourth-order valence-corrected chi connectivity index (χ4v) is 3.46. The average Bonchev–Trinajstić information content (AvgIpc) is 2.58. The highest BCUT2D eigenvalue weighted by molar-refractivity contribution is 5.33. The van der Waals surface area contributed by atoms with Gasteiger partial charge in [-0.15, -0.1) is 0 Å². The maximum absolute atomic E-state index is 12.0. The van der Waals surface area contributed by atoms with Crippen LogP contribution in [0.4, 0.5) is 8.78 Å². The van der Waals surface area contributed by atoms with Gasteiger partial charge in [-0.25, -0.2) is 8.78 Å². The van der Waals surface area contributed by atoms with E-state index < -0.39 is 6.43 Å². The number of rotatable bonds is 7. The van der Waals surface area contributed by atoms with Crippen molar-refractivity contribution < 1.29 is 8.78 Å². The number of nitrogens with zero attached hydrogens (tertiary/aromatic N) is 1. The highest BCUT2D eigenvalue weighted by Gasteiger charge is 2.21. The summed E-state index contributed by atoms with van der Waals surface area (Å²) in [5, 5.41) is 8.85. The Hall–Kier alpha value is -1.69. The van der Waals surface area contributed by atoms with Crippen molar-refractivity contribution in [3.63, 3.8) is 0 Å². The maximum Gasteiger partial charge on any atom is 0.242 e. The minimum atomic E-state index is -2.22. The van der Waals surface area contributed by atoms with Crippen LogP contribution in [0.3, 0.4) is 0 Å². The molecule has 1 saturated carbocycles. The van der Waals surface area contributed by atoms with E-state index in [4.69, 9.17) is 5.26 Å². The van der Waals surface area contributed by atoms with E-state index in [-0.39, 0.29) is 6.42 Å². The molecular formula is C20H25F2N. The van der Waals surface area contributed by atoms with Gasteiger partial charge in [-0.1, -0.05) is 30.7 Å². The lowest BCUT2D eigenvalue weighted by atomic mass is 9.77. The smallest absolute Gasteiger partial charge is 0.210 e. The standard InChI is InChI=1S/C20H25F2N/c21-20(22)6-4-2-1-3-5-16-7-11-18(12-8-16)19-13-9-17(15-23)10-14-19/h2,4,9-10,13-14,16,18,20H,1,3,5-8,11-12H2/b4-2+/t16-,18-. The third-order valence-corrected chi connectivity index (χ3v) is 4.82. The third-order valence-electron chi connectivity index (χ3n) is 4.82.